The second kappa shape index (κ2) is 5.87. The Hall–Kier alpha value is -1.83. The average molecular weight is 260 g/mol. The van der Waals surface area contributed by atoms with E-state index < -0.39 is 5.41 Å². The van der Waals surface area contributed by atoms with Gasteiger partial charge in [0.1, 0.15) is 5.41 Å². The Morgan fingerprint density at radius 2 is 2.26 bits per heavy atom. The first-order chi connectivity index (χ1) is 9.16. The second-order valence-electron chi connectivity index (χ2n) is 5.36. The molecule has 19 heavy (non-hydrogen) atoms. The Kier molecular flexibility index (Phi) is 4.20. The summed E-state index contributed by atoms with van der Waals surface area (Å²) in [5, 5.41) is 16.4. The molecule has 1 aromatic rings. The lowest BCUT2D eigenvalue weighted by Gasteiger charge is -2.30. The van der Waals surface area contributed by atoms with Crippen LogP contribution >= 0.6 is 0 Å². The van der Waals surface area contributed by atoms with Crippen molar-refractivity contribution in [3.63, 3.8) is 0 Å². The van der Waals surface area contributed by atoms with Crippen LogP contribution < -0.4 is 5.32 Å². The molecule has 0 radical (unpaired) electrons. The van der Waals surface area contributed by atoms with Gasteiger partial charge in [0.05, 0.1) is 12.6 Å². The summed E-state index contributed by atoms with van der Waals surface area (Å²) >= 11 is 0. The quantitative estimate of drug-likeness (QED) is 0.898. The van der Waals surface area contributed by atoms with E-state index in [1.165, 1.54) is 0 Å². The molecule has 1 amide bonds. The Morgan fingerprint density at radius 1 is 1.53 bits per heavy atom. The van der Waals surface area contributed by atoms with Gasteiger partial charge in [-0.2, -0.15) is 10.4 Å². The summed E-state index contributed by atoms with van der Waals surface area (Å²) in [5.74, 6) is -0.116. The maximum atomic E-state index is 12.3. The summed E-state index contributed by atoms with van der Waals surface area (Å²) in [4.78, 5) is 12.3. The van der Waals surface area contributed by atoms with E-state index in [0.29, 0.717) is 19.4 Å². The fourth-order valence-corrected chi connectivity index (χ4v) is 2.64. The smallest absolute Gasteiger partial charge is 0.240 e. The van der Waals surface area contributed by atoms with Crippen molar-refractivity contribution in [1.82, 2.24) is 15.1 Å². The lowest BCUT2D eigenvalue weighted by Crippen LogP contribution is -2.46. The van der Waals surface area contributed by atoms with Gasteiger partial charge in [0, 0.05) is 18.4 Å². The maximum Gasteiger partial charge on any atom is 0.240 e. The van der Waals surface area contributed by atoms with Crippen LogP contribution in [0.1, 0.15) is 39.0 Å². The van der Waals surface area contributed by atoms with E-state index in [0.717, 1.165) is 19.3 Å². The van der Waals surface area contributed by atoms with E-state index in [1.54, 1.807) is 10.9 Å². The van der Waals surface area contributed by atoms with Crippen molar-refractivity contribution in [1.29, 1.82) is 5.26 Å². The summed E-state index contributed by atoms with van der Waals surface area (Å²) in [5.41, 5.74) is -0.809. The number of rotatable bonds is 4. The Morgan fingerprint density at radius 3 is 2.84 bits per heavy atom. The van der Waals surface area contributed by atoms with Crippen molar-refractivity contribution in [3.8, 4) is 6.07 Å². The van der Waals surface area contributed by atoms with Crippen molar-refractivity contribution in [2.75, 3.05) is 0 Å². The highest BCUT2D eigenvalue weighted by Gasteiger charge is 2.40. The monoisotopic (exact) mass is 260 g/mol. The summed E-state index contributed by atoms with van der Waals surface area (Å²) in [7, 11) is 0. The minimum atomic E-state index is -0.809. The molecule has 1 unspecified atom stereocenters. The van der Waals surface area contributed by atoms with Gasteiger partial charge in [0.15, 0.2) is 0 Å². The molecule has 0 bridgehead atoms. The zero-order chi connectivity index (χ0) is 13.7. The highest BCUT2D eigenvalue weighted by Crippen LogP contribution is 2.35. The molecule has 2 rings (SSSR count). The zero-order valence-electron chi connectivity index (χ0n) is 11.3. The largest absolute Gasteiger partial charge is 0.350 e. The number of amides is 1. The van der Waals surface area contributed by atoms with E-state index in [-0.39, 0.29) is 11.9 Å². The number of nitrogens with one attached hydrogen (secondary N) is 1. The lowest BCUT2D eigenvalue weighted by atomic mass is 9.74. The van der Waals surface area contributed by atoms with Crippen LogP contribution in [0.2, 0.25) is 0 Å². The third-order valence-corrected chi connectivity index (χ3v) is 3.75. The van der Waals surface area contributed by atoms with Crippen LogP contribution in [0.5, 0.6) is 0 Å². The molecule has 102 valence electrons. The molecule has 0 aliphatic heterocycles. The molecule has 5 nitrogen and oxygen atoms in total. The summed E-state index contributed by atoms with van der Waals surface area (Å²) in [6, 6.07) is 4.07. The van der Waals surface area contributed by atoms with Gasteiger partial charge in [-0.05, 0) is 25.8 Å². The number of hydrogen-bond acceptors (Lipinski definition) is 3. The number of hydrogen-bond donors (Lipinski definition) is 1. The number of carbonyl (C=O) groups excluding carboxylic acids is 1. The van der Waals surface area contributed by atoms with E-state index in [9.17, 15) is 10.1 Å². The van der Waals surface area contributed by atoms with E-state index in [4.69, 9.17) is 0 Å². The van der Waals surface area contributed by atoms with Gasteiger partial charge in [0.25, 0.3) is 0 Å². The SMILES string of the molecule is CC(Cn1cccn1)NC(=O)C1(C#N)CCCCC1. The fourth-order valence-electron chi connectivity index (χ4n) is 2.64. The van der Waals surface area contributed by atoms with E-state index >= 15 is 0 Å². The molecule has 0 aromatic carbocycles. The molecule has 0 spiro atoms. The molecule has 0 saturated heterocycles. The molecule has 1 saturated carbocycles. The molecular formula is C14H20N4O. The predicted octanol–water partition coefficient (Wildman–Crippen LogP) is 1.86. The van der Waals surface area contributed by atoms with Crippen LogP contribution in [-0.4, -0.2) is 21.7 Å². The first-order valence-electron chi connectivity index (χ1n) is 6.86. The van der Waals surface area contributed by atoms with Crippen LogP contribution in [0.3, 0.4) is 0 Å². The van der Waals surface area contributed by atoms with Crippen LogP contribution in [-0.2, 0) is 11.3 Å². The number of carbonyl (C=O) groups is 1. The first-order valence-corrected chi connectivity index (χ1v) is 6.86. The van der Waals surface area contributed by atoms with Gasteiger partial charge < -0.3 is 5.32 Å². The molecular weight excluding hydrogens is 240 g/mol. The molecule has 5 heteroatoms. The van der Waals surface area contributed by atoms with Crippen molar-refractivity contribution in [2.45, 2.75) is 51.6 Å². The Labute approximate surface area is 113 Å². The van der Waals surface area contributed by atoms with Crippen LogP contribution in [0.25, 0.3) is 0 Å². The van der Waals surface area contributed by atoms with Crippen molar-refractivity contribution < 1.29 is 4.79 Å². The molecule has 1 N–H and O–H groups in total. The fraction of sp³-hybridized carbons (Fsp3) is 0.643. The summed E-state index contributed by atoms with van der Waals surface area (Å²) in [6.45, 7) is 2.56. The second-order valence-corrected chi connectivity index (χ2v) is 5.36. The third-order valence-electron chi connectivity index (χ3n) is 3.75. The molecule has 1 atom stereocenters. The lowest BCUT2D eigenvalue weighted by molar-refractivity contribution is -0.130. The molecule has 1 aromatic heterocycles. The Bertz CT molecular complexity index is 454. The van der Waals surface area contributed by atoms with Crippen molar-refractivity contribution in [3.05, 3.63) is 18.5 Å². The normalized spacial score (nSPS) is 19.4. The summed E-state index contributed by atoms with van der Waals surface area (Å²) < 4.78 is 1.78. The van der Waals surface area contributed by atoms with Crippen LogP contribution in [0.15, 0.2) is 18.5 Å². The van der Waals surface area contributed by atoms with Gasteiger partial charge in [-0.1, -0.05) is 19.3 Å². The van der Waals surface area contributed by atoms with Crippen LogP contribution in [0.4, 0.5) is 0 Å². The van der Waals surface area contributed by atoms with Gasteiger partial charge in [-0.3, -0.25) is 9.48 Å². The van der Waals surface area contributed by atoms with Gasteiger partial charge in [0.2, 0.25) is 5.91 Å². The number of nitrogens with zero attached hydrogens (tertiary/aromatic N) is 3. The minimum Gasteiger partial charge on any atom is -0.350 e. The highest BCUT2D eigenvalue weighted by atomic mass is 16.2. The standard InChI is InChI=1S/C14H20N4O/c1-12(10-18-9-5-8-16-18)17-13(19)14(11-15)6-3-2-4-7-14/h5,8-9,12H,2-4,6-7,10H2,1H3,(H,17,19). The topological polar surface area (TPSA) is 70.7 Å². The molecule has 1 heterocycles. The van der Waals surface area contributed by atoms with Gasteiger partial charge in [-0.15, -0.1) is 0 Å². The minimum absolute atomic E-state index is 0.0282. The molecule has 1 aliphatic carbocycles. The van der Waals surface area contributed by atoms with Gasteiger partial charge >= 0.3 is 0 Å². The molecule has 1 aliphatic rings. The zero-order valence-corrected chi connectivity index (χ0v) is 11.3. The van der Waals surface area contributed by atoms with Gasteiger partial charge in [-0.25, -0.2) is 0 Å². The Balaban J connectivity index is 1.94. The number of aromatic nitrogens is 2. The average Bonchev–Trinajstić information content (AvgIpc) is 2.92. The van der Waals surface area contributed by atoms with Crippen molar-refractivity contribution >= 4 is 5.91 Å². The van der Waals surface area contributed by atoms with Crippen molar-refractivity contribution in [2.24, 2.45) is 5.41 Å². The van der Waals surface area contributed by atoms with Crippen LogP contribution in [0, 0.1) is 16.7 Å². The number of nitriles is 1. The van der Waals surface area contributed by atoms with E-state index in [2.05, 4.69) is 16.5 Å². The highest BCUT2D eigenvalue weighted by molar-refractivity contribution is 5.85. The predicted molar refractivity (Wildman–Crippen MR) is 71.0 cm³/mol. The first kappa shape index (κ1) is 13.6. The maximum absolute atomic E-state index is 12.3. The van der Waals surface area contributed by atoms with E-state index in [1.807, 2.05) is 19.2 Å². The summed E-state index contributed by atoms with van der Waals surface area (Å²) in [6.07, 6.45) is 8.01. The molecule has 1 fully saturated rings. The third kappa shape index (κ3) is 3.14.